The minimum atomic E-state index is -0.471. The Morgan fingerprint density at radius 1 is 0.907 bits per heavy atom. The summed E-state index contributed by atoms with van der Waals surface area (Å²) in [6, 6.07) is 27.0. The van der Waals surface area contributed by atoms with Crippen molar-refractivity contribution < 1.29 is 23.5 Å². The molecule has 43 heavy (non-hydrogen) atoms. The van der Waals surface area contributed by atoms with Crippen molar-refractivity contribution in [1.82, 2.24) is 14.5 Å². The minimum absolute atomic E-state index is 0.171. The lowest BCUT2D eigenvalue weighted by Crippen LogP contribution is -2.38. The lowest BCUT2D eigenvalue weighted by Gasteiger charge is -2.22. The van der Waals surface area contributed by atoms with Crippen molar-refractivity contribution in [2.45, 2.75) is 6.54 Å². The summed E-state index contributed by atoms with van der Waals surface area (Å²) in [5, 5.41) is 3.45. The Kier molecular flexibility index (Phi) is 9.02. The number of hydrogen-bond donors (Lipinski definition) is 1. The number of halogens is 2. The normalized spacial score (nSPS) is 10.7. The van der Waals surface area contributed by atoms with E-state index in [2.05, 4.69) is 5.32 Å². The van der Waals surface area contributed by atoms with Gasteiger partial charge in [0.1, 0.15) is 12.4 Å². The Balaban J connectivity index is 1.47. The Morgan fingerprint density at radius 2 is 1.60 bits per heavy atom. The molecule has 0 radical (unpaired) electrons. The van der Waals surface area contributed by atoms with E-state index in [1.807, 2.05) is 48.5 Å². The van der Waals surface area contributed by atoms with Crippen LogP contribution in [0.15, 0.2) is 103 Å². The number of nitrogens with one attached hydrogen (secondary N) is 1. The first-order chi connectivity index (χ1) is 20.8. The zero-order valence-electron chi connectivity index (χ0n) is 23.5. The van der Waals surface area contributed by atoms with E-state index in [0.29, 0.717) is 27.9 Å². The van der Waals surface area contributed by atoms with Gasteiger partial charge in [-0.1, -0.05) is 54.1 Å². The smallest absolute Gasteiger partial charge is 0.254 e. The molecule has 8 nitrogen and oxygen atoms in total. The fraction of sp³-hybridized carbons (Fsp3) is 0.121. The number of ether oxygens (including phenoxy) is 2. The molecule has 1 aromatic heterocycles. The number of imidazole rings is 1. The molecule has 0 fully saturated rings. The number of aromatic nitrogens is 2. The molecular formula is C33H28ClFN4O4. The second-order valence-electron chi connectivity index (χ2n) is 9.57. The minimum Gasteiger partial charge on any atom is -0.493 e. The van der Waals surface area contributed by atoms with Crippen LogP contribution in [0.3, 0.4) is 0 Å². The Labute approximate surface area is 253 Å². The van der Waals surface area contributed by atoms with Crippen molar-refractivity contribution in [2.75, 3.05) is 26.1 Å². The summed E-state index contributed by atoms with van der Waals surface area (Å²) in [6.07, 6.45) is 1.78. The van der Waals surface area contributed by atoms with Gasteiger partial charge < -0.3 is 14.4 Å². The molecule has 10 heteroatoms. The van der Waals surface area contributed by atoms with Crippen molar-refractivity contribution in [1.29, 1.82) is 0 Å². The summed E-state index contributed by atoms with van der Waals surface area (Å²) in [5.41, 5.74) is 3.13. The number of hydrogen-bond acceptors (Lipinski definition) is 5. The summed E-state index contributed by atoms with van der Waals surface area (Å²) in [5.74, 6) is -0.0624. The average molecular weight is 599 g/mol. The fourth-order valence-corrected chi connectivity index (χ4v) is 4.64. The van der Waals surface area contributed by atoms with E-state index in [0.717, 1.165) is 11.1 Å². The molecule has 0 unspecified atom stereocenters. The molecule has 5 rings (SSSR count). The van der Waals surface area contributed by atoms with Crippen molar-refractivity contribution in [3.05, 3.63) is 125 Å². The fourth-order valence-electron chi connectivity index (χ4n) is 4.52. The maximum Gasteiger partial charge on any atom is 0.254 e. The molecule has 0 atom stereocenters. The maximum absolute atomic E-state index is 13.5. The predicted molar refractivity (Wildman–Crippen MR) is 163 cm³/mol. The van der Waals surface area contributed by atoms with Crippen LogP contribution >= 0.6 is 11.6 Å². The number of benzene rings is 4. The van der Waals surface area contributed by atoms with Crippen LogP contribution in [0, 0.1) is 5.82 Å². The number of rotatable bonds is 10. The lowest BCUT2D eigenvalue weighted by molar-refractivity contribution is -0.117. The molecule has 0 bridgehead atoms. The van der Waals surface area contributed by atoms with Gasteiger partial charge in [-0.2, -0.15) is 0 Å². The quantitative estimate of drug-likeness (QED) is 0.195. The SMILES string of the molecule is COc1ccc(-n2cc(-c3ccc(Cl)cc3)nc2NC(=O)CN(Cc2ccccc2)C(=O)c2ccc(F)cc2)cc1OC. The zero-order chi connectivity index (χ0) is 30.3. The molecule has 0 spiro atoms. The third-order valence-electron chi connectivity index (χ3n) is 6.67. The van der Waals surface area contributed by atoms with Crippen LogP contribution in [-0.2, 0) is 11.3 Å². The highest BCUT2D eigenvalue weighted by molar-refractivity contribution is 6.30. The maximum atomic E-state index is 13.5. The van der Waals surface area contributed by atoms with Gasteiger partial charge in [0.2, 0.25) is 11.9 Å². The Morgan fingerprint density at radius 3 is 2.28 bits per heavy atom. The summed E-state index contributed by atoms with van der Waals surface area (Å²) in [7, 11) is 3.09. The monoisotopic (exact) mass is 598 g/mol. The van der Waals surface area contributed by atoms with Crippen molar-refractivity contribution in [3.8, 4) is 28.4 Å². The van der Waals surface area contributed by atoms with Gasteiger partial charge >= 0.3 is 0 Å². The molecule has 0 saturated heterocycles. The van der Waals surface area contributed by atoms with Crippen molar-refractivity contribution in [2.24, 2.45) is 0 Å². The van der Waals surface area contributed by atoms with Gasteiger partial charge in [0.05, 0.1) is 25.6 Å². The number of amides is 2. The third kappa shape index (κ3) is 7.02. The molecule has 4 aromatic carbocycles. The summed E-state index contributed by atoms with van der Waals surface area (Å²) >= 11 is 6.09. The largest absolute Gasteiger partial charge is 0.493 e. The zero-order valence-corrected chi connectivity index (χ0v) is 24.2. The van der Waals surface area contributed by atoms with E-state index in [9.17, 15) is 14.0 Å². The molecule has 0 saturated carbocycles. The van der Waals surface area contributed by atoms with E-state index in [1.54, 1.807) is 42.1 Å². The van der Waals surface area contributed by atoms with Crippen molar-refractivity contribution in [3.63, 3.8) is 0 Å². The molecule has 0 aliphatic carbocycles. The molecule has 5 aromatic rings. The first kappa shape index (κ1) is 29.3. The molecule has 1 heterocycles. The van der Waals surface area contributed by atoms with Crippen LogP contribution in [0.1, 0.15) is 15.9 Å². The predicted octanol–water partition coefficient (Wildman–Crippen LogP) is 6.63. The van der Waals surface area contributed by atoms with Gasteiger partial charge in [-0.15, -0.1) is 0 Å². The topological polar surface area (TPSA) is 85.7 Å². The molecule has 0 aliphatic rings. The third-order valence-corrected chi connectivity index (χ3v) is 6.92. The number of anilines is 1. The van der Waals surface area contributed by atoms with E-state index in [-0.39, 0.29) is 24.6 Å². The van der Waals surface area contributed by atoms with E-state index >= 15 is 0 Å². The van der Waals surface area contributed by atoms with Gasteiger partial charge in [0.15, 0.2) is 11.5 Å². The Bertz CT molecular complexity index is 1720. The number of carbonyl (C=O) groups is 2. The van der Waals surface area contributed by atoms with E-state index in [1.165, 1.54) is 36.3 Å². The molecule has 0 aliphatic heterocycles. The molecule has 218 valence electrons. The second-order valence-corrected chi connectivity index (χ2v) is 10.0. The highest BCUT2D eigenvalue weighted by atomic mass is 35.5. The Hall–Kier alpha value is -5.15. The van der Waals surface area contributed by atoms with E-state index < -0.39 is 17.6 Å². The van der Waals surface area contributed by atoms with Crippen LogP contribution in [0.5, 0.6) is 11.5 Å². The summed E-state index contributed by atoms with van der Waals surface area (Å²) in [6.45, 7) is -0.106. The first-order valence-electron chi connectivity index (χ1n) is 13.3. The van der Waals surface area contributed by atoms with Gasteiger partial charge in [0.25, 0.3) is 5.91 Å². The van der Waals surface area contributed by atoms with Crippen LogP contribution in [-0.4, -0.2) is 47.0 Å². The van der Waals surface area contributed by atoms with Crippen molar-refractivity contribution >= 4 is 29.4 Å². The van der Waals surface area contributed by atoms with E-state index in [4.69, 9.17) is 26.1 Å². The number of nitrogens with zero attached hydrogens (tertiary/aromatic N) is 3. The summed E-state index contributed by atoms with van der Waals surface area (Å²) < 4.78 is 26.1. The number of methoxy groups -OCH3 is 2. The highest BCUT2D eigenvalue weighted by Crippen LogP contribution is 2.32. The average Bonchev–Trinajstić information content (AvgIpc) is 3.44. The van der Waals surface area contributed by atoms with Crippen LogP contribution in [0.25, 0.3) is 16.9 Å². The van der Waals surface area contributed by atoms with Gasteiger partial charge in [0, 0.05) is 35.0 Å². The highest BCUT2D eigenvalue weighted by Gasteiger charge is 2.22. The molecular weight excluding hydrogens is 571 g/mol. The molecule has 2 amide bonds. The standard InChI is InChI=1S/C33H28ClFN4O4/c1-42-29-17-16-27(18-30(29)43-2)39-20-28(23-8-12-25(34)13-9-23)36-33(39)37-31(40)21-38(19-22-6-4-3-5-7-22)32(41)24-10-14-26(35)15-11-24/h3-18,20H,19,21H2,1-2H3,(H,36,37,40). The van der Waals surface area contributed by atoms with Crippen LogP contribution in [0.2, 0.25) is 5.02 Å². The lowest BCUT2D eigenvalue weighted by atomic mass is 10.1. The second kappa shape index (κ2) is 13.2. The number of carbonyl (C=O) groups excluding carboxylic acids is 2. The van der Waals surface area contributed by atoms with Gasteiger partial charge in [-0.05, 0) is 54.1 Å². The molecule has 1 N–H and O–H groups in total. The van der Waals surface area contributed by atoms with Crippen LogP contribution in [0.4, 0.5) is 10.3 Å². The summed E-state index contributed by atoms with van der Waals surface area (Å²) in [4.78, 5) is 33.1. The van der Waals surface area contributed by atoms with Gasteiger partial charge in [-0.25, -0.2) is 9.37 Å². The van der Waals surface area contributed by atoms with Gasteiger partial charge in [-0.3, -0.25) is 19.5 Å². The first-order valence-corrected chi connectivity index (χ1v) is 13.7. The van der Waals surface area contributed by atoms with Crippen LogP contribution < -0.4 is 14.8 Å².